The smallest absolute Gasteiger partial charge is 0.0409 e. The first-order valence-corrected chi connectivity index (χ1v) is 9.35. The lowest BCUT2D eigenvalue weighted by Crippen LogP contribution is -2.49. The molecule has 0 spiro atoms. The van der Waals surface area contributed by atoms with Crippen LogP contribution in [-0.2, 0) is 13.1 Å². The van der Waals surface area contributed by atoms with Crippen molar-refractivity contribution in [3.05, 3.63) is 70.2 Å². The van der Waals surface area contributed by atoms with Gasteiger partial charge in [-0.2, -0.15) is 0 Å². The topological polar surface area (TPSA) is 24.1 Å². The van der Waals surface area contributed by atoms with Gasteiger partial charge in [0.15, 0.2) is 0 Å². The van der Waals surface area contributed by atoms with Crippen molar-refractivity contribution in [3.8, 4) is 0 Å². The molecule has 0 aliphatic heterocycles. The third kappa shape index (κ3) is 5.07. The number of aryl methyl sites for hydroxylation is 1. The number of hydrogen-bond donors (Lipinski definition) is 2. The molecule has 0 heterocycles. The van der Waals surface area contributed by atoms with Crippen LogP contribution in [0.15, 0.2) is 48.5 Å². The zero-order valence-corrected chi connectivity index (χ0v) is 15.2. The summed E-state index contributed by atoms with van der Waals surface area (Å²) in [6, 6.07) is 18.0. The van der Waals surface area contributed by atoms with Gasteiger partial charge in [-0.05, 0) is 43.0 Å². The Hall–Kier alpha value is -1.35. The summed E-state index contributed by atoms with van der Waals surface area (Å²) in [5, 5.41) is 8.32. The minimum absolute atomic E-state index is 0.531. The standard InChI is InChI=1S/C21H27ClN2/c1-16-9-11-17(12-10-16)14-23-20-7-2-3-8-21(20)24-15-18-5-4-6-19(22)13-18/h4-6,9-13,20-21,23-24H,2-3,7-8,14-15H2,1H3. The Labute approximate surface area is 150 Å². The number of rotatable bonds is 6. The molecule has 3 heteroatoms. The van der Waals surface area contributed by atoms with Crippen molar-refractivity contribution in [2.75, 3.05) is 0 Å². The van der Waals surface area contributed by atoms with Crippen LogP contribution in [0.1, 0.15) is 42.4 Å². The zero-order chi connectivity index (χ0) is 16.8. The highest BCUT2D eigenvalue weighted by molar-refractivity contribution is 6.30. The molecule has 2 aromatic carbocycles. The molecule has 1 aliphatic carbocycles. The number of halogens is 1. The van der Waals surface area contributed by atoms with E-state index >= 15 is 0 Å². The molecule has 0 radical (unpaired) electrons. The molecule has 3 rings (SSSR count). The normalized spacial score (nSPS) is 20.9. The van der Waals surface area contributed by atoms with Crippen molar-refractivity contribution in [1.82, 2.24) is 10.6 Å². The highest BCUT2D eigenvalue weighted by Crippen LogP contribution is 2.20. The third-order valence-corrected chi connectivity index (χ3v) is 5.15. The Kier molecular flexibility index (Phi) is 6.30. The fraction of sp³-hybridized carbons (Fsp3) is 0.429. The Morgan fingerprint density at radius 1 is 0.875 bits per heavy atom. The molecule has 1 saturated carbocycles. The Balaban J connectivity index is 1.53. The lowest BCUT2D eigenvalue weighted by Gasteiger charge is -2.33. The summed E-state index contributed by atoms with van der Waals surface area (Å²) in [6.07, 6.45) is 5.13. The van der Waals surface area contributed by atoms with Crippen molar-refractivity contribution in [1.29, 1.82) is 0 Å². The van der Waals surface area contributed by atoms with Crippen LogP contribution in [0.25, 0.3) is 0 Å². The predicted octanol–water partition coefficient (Wildman–Crippen LogP) is 4.84. The number of nitrogens with one attached hydrogen (secondary N) is 2. The molecule has 0 aromatic heterocycles. The van der Waals surface area contributed by atoms with Crippen LogP contribution in [0.4, 0.5) is 0 Å². The molecule has 24 heavy (non-hydrogen) atoms. The molecule has 2 atom stereocenters. The van der Waals surface area contributed by atoms with Crippen LogP contribution in [0.5, 0.6) is 0 Å². The molecule has 1 aliphatic rings. The van der Waals surface area contributed by atoms with E-state index in [0.717, 1.165) is 18.1 Å². The van der Waals surface area contributed by atoms with Gasteiger partial charge in [-0.25, -0.2) is 0 Å². The second-order valence-corrected chi connectivity index (χ2v) is 7.31. The van der Waals surface area contributed by atoms with Crippen molar-refractivity contribution < 1.29 is 0 Å². The Morgan fingerprint density at radius 2 is 1.50 bits per heavy atom. The SMILES string of the molecule is Cc1ccc(CNC2CCCCC2NCc2cccc(Cl)c2)cc1. The maximum absolute atomic E-state index is 6.08. The molecule has 0 bridgehead atoms. The average molecular weight is 343 g/mol. The molecule has 2 aromatic rings. The van der Waals surface area contributed by atoms with Crippen LogP contribution < -0.4 is 10.6 Å². The number of hydrogen-bond acceptors (Lipinski definition) is 2. The first-order chi connectivity index (χ1) is 11.7. The molecule has 2 unspecified atom stereocenters. The molecular formula is C21H27ClN2. The summed E-state index contributed by atoms with van der Waals surface area (Å²) in [5.41, 5.74) is 3.93. The van der Waals surface area contributed by atoms with E-state index in [-0.39, 0.29) is 0 Å². The van der Waals surface area contributed by atoms with E-state index in [1.54, 1.807) is 0 Å². The van der Waals surface area contributed by atoms with E-state index in [1.807, 2.05) is 18.2 Å². The van der Waals surface area contributed by atoms with Gasteiger partial charge in [0.25, 0.3) is 0 Å². The largest absolute Gasteiger partial charge is 0.308 e. The first-order valence-electron chi connectivity index (χ1n) is 8.97. The second kappa shape index (κ2) is 8.66. The maximum Gasteiger partial charge on any atom is 0.0409 e. The molecule has 128 valence electrons. The van der Waals surface area contributed by atoms with E-state index in [1.165, 1.54) is 42.4 Å². The van der Waals surface area contributed by atoms with Crippen molar-refractivity contribution in [3.63, 3.8) is 0 Å². The van der Waals surface area contributed by atoms with Gasteiger partial charge < -0.3 is 10.6 Å². The zero-order valence-electron chi connectivity index (χ0n) is 14.4. The Morgan fingerprint density at radius 3 is 2.12 bits per heavy atom. The van der Waals surface area contributed by atoms with Crippen molar-refractivity contribution in [2.24, 2.45) is 0 Å². The summed E-state index contributed by atoms with van der Waals surface area (Å²) in [5.74, 6) is 0. The van der Waals surface area contributed by atoms with Gasteiger partial charge in [0.2, 0.25) is 0 Å². The summed E-state index contributed by atoms with van der Waals surface area (Å²) in [7, 11) is 0. The van der Waals surface area contributed by atoms with E-state index < -0.39 is 0 Å². The van der Waals surface area contributed by atoms with Crippen molar-refractivity contribution in [2.45, 2.75) is 57.8 Å². The van der Waals surface area contributed by atoms with Crippen molar-refractivity contribution >= 4 is 11.6 Å². The van der Waals surface area contributed by atoms with E-state index in [4.69, 9.17) is 11.6 Å². The highest BCUT2D eigenvalue weighted by Gasteiger charge is 2.24. The highest BCUT2D eigenvalue weighted by atomic mass is 35.5. The molecule has 0 amide bonds. The van der Waals surface area contributed by atoms with E-state index in [0.29, 0.717) is 12.1 Å². The second-order valence-electron chi connectivity index (χ2n) is 6.87. The quantitative estimate of drug-likeness (QED) is 0.785. The minimum Gasteiger partial charge on any atom is -0.308 e. The monoisotopic (exact) mass is 342 g/mol. The summed E-state index contributed by atoms with van der Waals surface area (Å²) < 4.78 is 0. The fourth-order valence-electron chi connectivity index (χ4n) is 3.47. The van der Waals surface area contributed by atoms with Gasteiger partial charge in [-0.15, -0.1) is 0 Å². The van der Waals surface area contributed by atoms with Gasteiger partial charge in [0.05, 0.1) is 0 Å². The average Bonchev–Trinajstić information content (AvgIpc) is 2.60. The Bertz CT molecular complexity index is 639. The van der Waals surface area contributed by atoms with Crippen LogP contribution in [0, 0.1) is 6.92 Å². The van der Waals surface area contributed by atoms with Gasteiger partial charge in [-0.1, -0.05) is 66.4 Å². The minimum atomic E-state index is 0.531. The van der Waals surface area contributed by atoms with Crippen LogP contribution in [0.2, 0.25) is 5.02 Å². The maximum atomic E-state index is 6.08. The molecular weight excluding hydrogens is 316 g/mol. The third-order valence-electron chi connectivity index (χ3n) is 4.91. The van der Waals surface area contributed by atoms with Crippen LogP contribution in [-0.4, -0.2) is 12.1 Å². The van der Waals surface area contributed by atoms with Gasteiger partial charge in [-0.3, -0.25) is 0 Å². The predicted molar refractivity (Wildman–Crippen MR) is 102 cm³/mol. The van der Waals surface area contributed by atoms with Gasteiger partial charge in [0, 0.05) is 30.2 Å². The van der Waals surface area contributed by atoms with E-state index in [2.05, 4.69) is 47.9 Å². The summed E-state index contributed by atoms with van der Waals surface area (Å²) in [4.78, 5) is 0. The van der Waals surface area contributed by atoms with E-state index in [9.17, 15) is 0 Å². The molecule has 2 nitrogen and oxygen atoms in total. The molecule has 2 N–H and O–H groups in total. The van der Waals surface area contributed by atoms with Gasteiger partial charge in [0.1, 0.15) is 0 Å². The molecule has 0 saturated heterocycles. The first kappa shape index (κ1) is 17.5. The van der Waals surface area contributed by atoms with Crippen LogP contribution >= 0.6 is 11.6 Å². The molecule has 1 fully saturated rings. The fourth-order valence-corrected chi connectivity index (χ4v) is 3.68. The summed E-state index contributed by atoms with van der Waals surface area (Å²) >= 11 is 6.08. The van der Waals surface area contributed by atoms with Gasteiger partial charge >= 0.3 is 0 Å². The van der Waals surface area contributed by atoms with Crippen LogP contribution in [0.3, 0.4) is 0 Å². The lowest BCUT2D eigenvalue weighted by molar-refractivity contribution is 0.281. The summed E-state index contributed by atoms with van der Waals surface area (Å²) in [6.45, 7) is 3.96. The lowest BCUT2D eigenvalue weighted by atomic mass is 9.90. The number of benzene rings is 2.